The Morgan fingerprint density at radius 1 is 1.11 bits per heavy atom. The SMILES string of the molecule is C=C(CCCCC)C1=CC(C)=C(c2ccc(CCNCC)cc2CC)CC1. The molecule has 1 nitrogen and oxygen atoms in total. The van der Waals surface area contributed by atoms with Gasteiger partial charge in [-0.2, -0.15) is 0 Å². The molecule has 2 rings (SSSR count). The van der Waals surface area contributed by atoms with E-state index in [4.69, 9.17) is 0 Å². The van der Waals surface area contributed by atoms with Crippen molar-refractivity contribution in [1.29, 1.82) is 0 Å². The number of aryl methyl sites for hydroxylation is 1. The van der Waals surface area contributed by atoms with Crippen molar-refractivity contribution < 1.29 is 0 Å². The maximum Gasteiger partial charge on any atom is -0.000847 e. The molecule has 1 aromatic rings. The molecule has 0 radical (unpaired) electrons. The van der Waals surface area contributed by atoms with E-state index in [0.717, 1.165) is 45.2 Å². The highest BCUT2D eigenvalue weighted by Crippen LogP contribution is 2.36. The van der Waals surface area contributed by atoms with E-state index in [0.29, 0.717) is 0 Å². The molecule has 1 heteroatoms. The minimum atomic E-state index is 1.04. The van der Waals surface area contributed by atoms with Crippen molar-refractivity contribution in [3.8, 4) is 0 Å². The number of allylic oxidation sites excluding steroid dienone is 5. The second-order valence-electron chi connectivity index (χ2n) is 7.84. The second-order valence-corrected chi connectivity index (χ2v) is 7.84. The first kappa shape index (κ1) is 21.7. The van der Waals surface area contributed by atoms with Gasteiger partial charge in [0.2, 0.25) is 0 Å². The van der Waals surface area contributed by atoms with E-state index in [9.17, 15) is 0 Å². The largest absolute Gasteiger partial charge is 0.317 e. The summed E-state index contributed by atoms with van der Waals surface area (Å²) in [6.45, 7) is 15.5. The van der Waals surface area contributed by atoms with E-state index in [2.05, 4.69) is 63.9 Å². The van der Waals surface area contributed by atoms with Crippen molar-refractivity contribution in [3.05, 3.63) is 64.3 Å². The fraction of sp³-hybridized carbons (Fsp3) is 0.538. The quantitative estimate of drug-likeness (QED) is 0.415. The topological polar surface area (TPSA) is 12.0 Å². The van der Waals surface area contributed by atoms with E-state index < -0.39 is 0 Å². The van der Waals surface area contributed by atoms with E-state index >= 15 is 0 Å². The third-order valence-electron chi connectivity index (χ3n) is 5.76. The van der Waals surface area contributed by atoms with Crippen molar-refractivity contribution in [1.82, 2.24) is 5.32 Å². The van der Waals surface area contributed by atoms with Gasteiger partial charge in [0.15, 0.2) is 0 Å². The Morgan fingerprint density at radius 3 is 2.59 bits per heavy atom. The van der Waals surface area contributed by atoms with E-state index in [1.165, 1.54) is 58.2 Å². The van der Waals surface area contributed by atoms with Crippen LogP contribution >= 0.6 is 0 Å². The number of unbranched alkanes of at least 4 members (excludes halogenated alkanes) is 2. The molecule has 148 valence electrons. The van der Waals surface area contributed by atoms with Gasteiger partial charge in [-0.1, -0.05) is 70.0 Å². The van der Waals surface area contributed by atoms with Crippen LogP contribution in [-0.2, 0) is 12.8 Å². The third-order valence-corrected chi connectivity index (χ3v) is 5.76. The van der Waals surface area contributed by atoms with E-state index in [-0.39, 0.29) is 0 Å². The molecule has 27 heavy (non-hydrogen) atoms. The fourth-order valence-electron chi connectivity index (χ4n) is 4.05. The van der Waals surface area contributed by atoms with Crippen LogP contribution < -0.4 is 5.32 Å². The zero-order valence-corrected chi connectivity index (χ0v) is 18.1. The van der Waals surface area contributed by atoms with Gasteiger partial charge >= 0.3 is 0 Å². The summed E-state index contributed by atoms with van der Waals surface area (Å²) in [5, 5.41) is 3.43. The molecule has 1 aromatic carbocycles. The van der Waals surface area contributed by atoms with Crippen LogP contribution in [0.15, 0.2) is 47.6 Å². The Hall–Kier alpha value is -1.60. The lowest BCUT2D eigenvalue weighted by Crippen LogP contribution is -2.16. The first-order chi connectivity index (χ1) is 13.1. The summed E-state index contributed by atoms with van der Waals surface area (Å²) in [4.78, 5) is 0. The van der Waals surface area contributed by atoms with Crippen molar-refractivity contribution in [2.24, 2.45) is 0 Å². The smallest absolute Gasteiger partial charge is 0.000847 e. The normalized spacial score (nSPS) is 14.4. The number of nitrogens with one attached hydrogen (secondary N) is 1. The van der Waals surface area contributed by atoms with Gasteiger partial charge in [-0.05, 0) is 91.9 Å². The fourth-order valence-corrected chi connectivity index (χ4v) is 4.05. The Kier molecular flexibility index (Phi) is 9.07. The van der Waals surface area contributed by atoms with Crippen molar-refractivity contribution in [2.75, 3.05) is 13.1 Å². The number of benzene rings is 1. The standard InChI is InChI=1S/C26H39N/c1-6-9-10-11-20(4)24-13-15-25(21(5)18-24)26-14-12-22(16-17-27-8-3)19-23(26)7-2/h12,14,18-19,27H,4,6-11,13,15-17H2,1-3,5H3. The molecule has 0 amide bonds. The van der Waals surface area contributed by atoms with Crippen molar-refractivity contribution in [2.45, 2.75) is 79.1 Å². The number of rotatable bonds is 11. The summed E-state index contributed by atoms with van der Waals surface area (Å²) in [6.07, 6.45) is 11.9. The molecule has 0 spiro atoms. The van der Waals surface area contributed by atoms with E-state index in [1.54, 1.807) is 0 Å². The number of hydrogen-bond donors (Lipinski definition) is 1. The molecule has 0 aromatic heterocycles. The Balaban J connectivity index is 2.17. The van der Waals surface area contributed by atoms with Gasteiger partial charge < -0.3 is 5.32 Å². The molecule has 1 aliphatic rings. The van der Waals surface area contributed by atoms with Crippen LogP contribution in [0.2, 0.25) is 0 Å². The first-order valence-corrected chi connectivity index (χ1v) is 11.0. The van der Waals surface area contributed by atoms with Gasteiger partial charge in [0.25, 0.3) is 0 Å². The van der Waals surface area contributed by atoms with Crippen LogP contribution in [0.5, 0.6) is 0 Å². The lowest BCUT2D eigenvalue weighted by atomic mass is 9.83. The molecule has 0 fully saturated rings. The number of hydrogen-bond acceptors (Lipinski definition) is 1. The monoisotopic (exact) mass is 365 g/mol. The highest BCUT2D eigenvalue weighted by atomic mass is 14.8. The van der Waals surface area contributed by atoms with Crippen LogP contribution in [0.1, 0.15) is 82.9 Å². The summed E-state index contributed by atoms with van der Waals surface area (Å²) in [5.74, 6) is 0. The predicted molar refractivity (Wildman–Crippen MR) is 121 cm³/mol. The van der Waals surface area contributed by atoms with Gasteiger partial charge in [0.1, 0.15) is 0 Å². The molecule has 0 aliphatic heterocycles. The van der Waals surface area contributed by atoms with Gasteiger partial charge in [-0.3, -0.25) is 0 Å². The van der Waals surface area contributed by atoms with E-state index in [1.807, 2.05) is 0 Å². The van der Waals surface area contributed by atoms with Gasteiger partial charge in [0.05, 0.1) is 0 Å². The maximum absolute atomic E-state index is 4.37. The lowest BCUT2D eigenvalue weighted by molar-refractivity contribution is 0.712. The zero-order valence-electron chi connectivity index (χ0n) is 18.1. The van der Waals surface area contributed by atoms with Crippen LogP contribution in [0.4, 0.5) is 0 Å². The minimum Gasteiger partial charge on any atom is -0.317 e. The van der Waals surface area contributed by atoms with Crippen LogP contribution in [0.25, 0.3) is 5.57 Å². The van der Waals surface area contributed by atoms with Gasteiger partial charge in [0, 0.05) is 0 Å². The molecular formula is C26H39N. The average molecular weight is 366 g/mol. The molecule has 0 saturated heterocycles. The van der Waals surface area contributed by atoms with Crippen LogP contribution in [0.3, 0.4) is 0 Å². The summed E-state index contributed by atoms with van der Waals surface area (Å²) < 4.78 is 0. The van der Waals surface area contributed by atoms with Gasteiger partial charge in [-0.25, -0.2) is 0 Å². The van der Waals surface area contributed by atoms with Crippen LogP contribution in [-0.4, -0.2) is 13.1 Å². The molecule has 0 heterocycles. The van der Waals surface area contributed by atoms with Crippen molar-refractivity contribution in [3.63, 3.8) is 0 Å². The molecule has 0 atom stereocenters. The molecule has 1 aliphatic carbocycles. The summed E-state index contributed by atoms with van der Waals surface area (Å²) in [7, 11) is 0. The third kappa shape index (κ3) is 6.21. The highest BCUT2D eigenvalue weighted by molar-refractivity contribution is 5.75. The molecule has 1 N–H and O–H groups in total. The molecule has 0 saturated carbocycles. The highest BCUT2D eigenvalue weighted by Gasteiger charge is 2.16. The van der Waals surface area contributed by atoms with Crippen molar-refractivity contribution >= 4 is 5.57 Å². The van der Waals surface area contributed by atoms with Crippen LogP contribution in [0, 0.1) is 0 Å². The maximum atomic E-state index is 4.37. The Morgan fingerprint density at radius 2 is 1.93 bits per heavy atom. The molecule has 0 bridgehead atoms. The summed E-state index contributed by atoms with van der Waals surface area (Å²) >= 11 is 0. The average Bonchev–Trinajstić information content (AvgIpc) is 2.68. The zero-order chi connectivity index (χ0) is 19.6. The first-order valence-electron chi connectivity index (χ1n) is 11.0. The molecule has 0 unspecified atom stereocenters. The second kappa shape index (κ2) is 11.3. The number of likely N-dealkylation sites (N-methyl/N-ethyl adjacent to an activating group) is 1. The lowest BCUT2D eigenvalue weighted by Gasteiger charge is -2.22. The Labute approximate surface area is 167 Å². The molecular weight excluding hydrogens is 326 g/mol. The minimum absolute atomic E-state index is 1.04. The Bertz CT molecular complexity index is 690. The van der Waals surface area contributed by atoms with Gasteiger partial charge in [-0.15, -0.1) is 0 Å². The summed E-state index contributed by atoms with van der Waals surface area (Å²) in [6, 6.07) is 7.12. The summed E-state index contributed by atoms with van der Waals surface area (Å²) in [5.41, 5.74) is 10.2. The predicted octanol–water partition coefficient (Wildman–Crippen LogP) is 7.03.